The van der Waals surface area contributed by atoms with Gasteiger partial charge in [-0.15, -0.1) is 0 Å². The Kier molecular flexibility index (Phi) is 7.84. The third-order valence-corrected chi connectivity index (χ3v) is 6.34. The lowest BCUT2D eigenvalue weighted by atomic mass is 9.94. The molecule has 8 heteroatoms. The molecule has 0 aromatic heterocycles. The van der Waals surface area contributed by atoms with Crippen molar-refractivity contribution < 1.29 is 33.6 Å². The number of hydrogen-bond acceptors (Lipinski definition) is 7. The number of fused-ring (bicyclic) bond motifs is 1. The molecule has 2 aromatic carbocycles. The van der Waals surface area contributed by atoms with Crippen LogP contribution in [0.4, 0.5) is 0 Å². The summed E-state index contributed by atoms with van der Waals surface area (Å²) in [5, 5.41) is 11.4. The van der Waals surface area contributed by atoms with Crippen molar-refractivity contribution in [3.8, 4) is 17.2 Å². The number of benzene rings is 2. The van der Waals surface area contributed by atoms with E-state index in [0.29, 0.717) is 61.8 Å². The number of aliphatic hydroxyl groups excluding tert-OH is 1. The van der Waals surface area contributed by atoms with Crippen LogP contribution in [0.15, 0.2) is 42.0 Å². The Hall–Kier alpha value is -3.52. The summed E-state index contributed by atoms with van der Waals surface area (Å²) in [4.78, 5) is 27.9. The molecule has 8 nitrogen and oxygen atoms in total. The highest BCUT2D eigenvalue weighted by molar-refractivity contribution is 6.46. The molecule has 0 radical (unpaired) electrons. The lowest BCUT2D eigenvalue weighted by molar-refractivity contribution is -0.140. The molecule has 1 amide bonds. The molecular formula is C28H33NO7. The van der Waals surface area contributed by atoms with Crippen molar-refractivity contribution in [1.82, 2.24) is 4.90 Å². The second kappa shape index (κ2) is 11.0. The minimum Gasteiger partial charge on any atom is -0.507 e. The van der Waals surface area contributed by atoms with E-state index in [0.717, 1.165) is 11.3 Å². The molecule has 36 heavy (non-hydrogen) atoms. The van der Waals surface area contributed by atoms with Crippen molar-refractivity contribution in [3.05, 3.63) is 58.7 Å². The second-order valence-electron chi connectivity index (χ2n) is 8.87. The van der Waals surface area contributed by atoms with E-state index in [-0.39, 0.29) is 17.4 Å². The number of likely N-dealkylation sites (tertiary alicyclic amines) is 1. The van der Waals surface area contributed by atoms with Gasteiger partial charge in [-0.2, -0.15) is 0 Å². The van der Waals surface area contributed by atoms with Crippen LogP contribution in [-0.4, -0.2) is 61.3 Å². The van der Waals surface area contributed by atoms with Gasteiger partial charge in [0.05, 0.1) is 24.8 Å². The fourth-order valence-corrected chi connectivity index (χ4v) is 4.80. The van der Waals surface area contributed by atoms with Gasteiger partial charge in [-0.1, -0.05) is 6.07 Å². The highest BCUT2D eigenvalue weighted by atomic mass is 16.5. The van der Waals surface area contributed by atoms with E-state index in [1.165, 1.54) is 4.90 Å². The summed E-state index contributed by atoms with van der Waals surface area (Å²) in [5.41, 5.74) is 2.13. The van der Waals surface area contributed by atoms with E-state index < -0.39 is 17.7 Å². The number of nitrogens with zero attached hydrogens (tertiary/aromatic N) is 1. The molecule has 0 aliphatic carbocycles. The lowest BCUT2D eigenvalue weighted by Gasteiger charge is -2.26. The highest BCUT2D eigenvalue weighted by Crippen LogP contribution is 2.43. The number of carbonyl (C=O) groups is 2. The van der Waals surface area contributed by atoms with Gasteiger partial charge in [0.2, 0.25) is 0 Å². The van der Waals surface area contributed by atoms with Gasteiger partial charge in [0.15, 0.2) is 11.5 Å². The first-order valence-corrected chi connectivity index (χ1v) is 12.4. The molecule has 0 spiro atoms. The van der Waals surface area contributed by atoms with Gasteiger partial charge < -0.3 is 29.0 Å². The maximum absolute atomic E-state index is 13.3. The largest absolute Gasteiger partial charge is 0.507 e. The minimum atomic E-state index is -0.778. The summed E-state index contributed by atoms with van der Waals surface area (Å²) in [6.07, 6.45) is 1.30. The minimum absolute atomic E-state index is 0.0459. The third-order valence-electron chi connectivity index (χ3n) is 6.34. The maximum Gasteiger partial charge on any atom is 0.295 e. The zero-order valence-corrected chi connectivity index (χ0v) is 21.2. The average Bonchev–Trinajstić information content (AvgIpc) is 3.36. The van der Waals surface area contributed by atoms with Crippen LogP contribution in [-0.2, 0) is 20.7 Å². The second-order valence-corrected chi connectivity index (χ2v) is 8.87. The van der Waals surface area contributed by atoms with Crippen LogP contribution in [0.1, 0.15) is 49.9 Å². The Bertz CT molecular complexity index is 1170. The first-order chi connectivity index (χ1) is 17.4. The average molecular weight is 496 g/mol. The van der Waals surface area contributed by atoms with Crippen LogP contribution in [0.25, 0.3) is 5.76 Å². The van der Waals surface area contributed by atoms with E-state index in [1.54, 1.807) is 37.4 Å². The van der Waals surface area contributed by atoms with Gasteiger partial charge >= 0.3 is 0 Å². The first kappa shape index (κ1) is 25.6. The molecule has 2 aliphatic heterocycles. The molecule has 2 aromatic rings. The van der Waals surface area contributed by atoms with Crippen LogP contribution < -0.4 is 14.2 Å². The van der Waals surface area contributed by atoms with E-state index in [2.05, 4.69) is 0 Å². The highest BCUT2D eigenvalue weighted by Gasteiger charge is 2.46. The van der Waals surface area contributed by atoms with Crippen molar-refractivity contribution >= 4 is 17.4 Å². The van der Waals surface area contributed by atoms with Crippen LogP contribution in [0.2, 0.25) is 0 Å². The van der Waals surface area contributed by atoms with E-state index in [1.807, 2.05) is 26.8 Å². The van der Waals surface area contributed by atoms with Crippen LogP contribution >= 0.6 is 0 Å². The molecule has 0 saturated carbocycles. The van der Waals surface area contributed by atoms with E-state index >= 15 is 0 Å². The number of hydrogen-bond donors (Lipinski definition) is 1. The predicted molar refractivity (Wildman–Crippen MR) is 135 cm³/mol. The normalized spacial score (nSPS) is 20.4. The van der Waals surface area contributed by atoms with Crippen molar-refractivity contribution in [2.75, 3.05) is 33.5 Å². The van der Waals surface area contributed by atoms with E-state index in [4.69, 9.17) is 18.9 Å². The Balaban J connectivity index is 1.82. The summed E-state index contributed by atoms with van der Waals surface area (Å²) in [7, 11) is 1.59. The Morgan fingerprint density at radius 2 is 1.83 bits per heavy atom. The Labute approximate surface area is 211 Å². The fourth-order valence-electron chi connectivity index (χ4n) is 4.80. The van der Waals surface area contributed by atoms with Crippen molar-refractivity contribution in [2.24, 2.45) is 0 Å². The standard InChI is InChI=1S/C28H33NO7/c1-5-34-22-11-8-18(16-23(22)35-6-2)25-24(27(31)28(32)29(25)12-7-13-33-4)26(30)19-9-10-21-20(15-19)14-17(3)36-21/h8-11,15-17,25,30H,5-7,12-14H2,1-4H3/b26-24+. The smallest absolute Gasteiger partial charge is 0.295 e. The number of rotatable bonds is 10. The lowest BCUT2D eigenvalue weighted by Crippen LogP contribution is -2.31. The Morgan fingerprint density at radius 3 is 2.56 bits per heavy atom. The summed E-state index contributed by atoms with van der Waals surface area (Å²) >= 11 is 0. The summed E-state index contributed by atoms with van der Waals surface area (Å²) < 4.78 is 22.4. The zero-order valence-electron chi connectivity index (χ0n) is 21.2. The van der Waals surface area contributed by atoms with Gasteiger partial charge in [-0.05, 0) is 68.7 Å². The van der Waals surface area contributed by atoms with Gasteiger partial charge in [-0.3, -0.25) is 9.59 Å². The predicted octanol–water partition coefficient (Wildman–Crippen LogP) is 4.27. The monoisotopic (exact) mass is 495 g/mol. The number of amides is 1. The van der Waals surface area contributed by atoms with Gasteiger partial charge in [0.1, 0.15) is 17.6 Å². The number of Topliss-reactive ketones (excluding diaryl/α,β-unsaturated/α-hetero) is 1. The fraction of sp³-hybridized carbons (Fsp3) is 0.429. The molecule has 192 valence electrons. The van der Waals surface area contributed by atoms with Crippen LogP contribution in [0.5, 0.6) is 17.2 Å². The third kappa shape index (κ3) is 4.91. The molecule has 2 aliphatic rings. The van der Waals surface area contributed by atoms with Gasteiger partial charge in [-0.25, -0.2) is 0 Å². The molecule has 1 fully saturated rings. The number of methoxy groups -OCH3 is 1. The van der Waals surface area contributed by atoms with Crippen LogP contribution in [0.3, 0.4) is 0 Å². The summed E-state index contributed by atoms with van der Waals surface area (Å²) in [6.45, 7) is 7.36. The number of aliphatic hydroxyl groups is 1. The quantitative estimate of drug-likeness (QED) is 0.228. The molecular weight excluding hydrogens is 462 g/mol. The maximum atomic E-state index is 13.3. The summed E-state index contributed by atoms with van der Waals surface area (Å²) in [5.74, 6) is 0.287. The molecule has 0 bridgehead atoms. The number of ketones is 1. The molecule has 2 atom stereocenters. The molecule has 2 heterocycles. The Morgan fingerprint density at radius 1 is 1.08 bits per heavy atom. The molecule has 1 N–H and O–H groups in total. The number of ether oxygens (including phenoxy) is 4. The zero-order chi connectivity index (χ0) is 25.8. The van der Waals surface area contributed by atoms with Gasteiger partial charge in [0.25, 0.3) is 11.7 Å². The van der Waals surface area contributed by atoms with Crippen molar-refractivity contribution in [3.63, 3.8) is 0 Å². The van der Waals surface area contributed by atoms with Gasteiger partial charge in [0, 0.05) is 32.2 Å². The SMILES string of the molecule is CCOc1ccc(C2/C(=C(\O)c3ccc4c(c3)CC(C)O4)C(=O)C(=O)N2CCCOC)cc1OCC. The van der Waals surface area contributed by atoms with Crippen molar-refractivity contribution in [2.45, 2.75) is 45.8 Å². The van der Waals surface area contributed by atoms with E-state index in [9.17, 15) is 14.7 Å². The molecule has 4 rings (SSSR count). The molecule has 2 unspecified atom stereocenters. The summed E-state index contributed by atoms with van der Waals surface area (Å²) in [6, 6.07) is 9.91. The topological polar surface area (TPSA) is 94.5 Å². The first-order valence-electron chi connectivity index (χ1n) is 12.4. The number of carbonyl (C=O) groups excluding carboxylic acids is 2. The van der Waals surface area contributed by atoms with Crippen molar-refractivity contribution in [1.29, 1.82) is 0 Å². The molecule has 1 saturated heterocycles. The van der Waals surface area contributed by atoms with Crippen LogP contribution in [0, 0.1) is 0 Å².